The third-order valence-electron chi connectivity index (χ3n) is 1.74. The van der Waals surface area contributed by atoms with Gasteiger partial charge in [-0.3, -0.25) is 9.89 Å². The monoisotopic (exact) mass is 217 g/mol. The summed E-state index contributed by atoms with van der Waals surface area (Å²) < 4.78 is 0. The quantitative estimate of drug-likeness (QED) is 0.468. The van der Waals surface area contributed by atoms with Crippen LogP contribution in [-0.4, -0.2) is 22.6 Å². The highest BCUT2D eigenvalue weighted by molar-refractivity contribution is 5.72. The van der Waals surface area contributed by atoms with Crippen molar-refractivity contribution in [2.45, 2.75) is 13.3 Å². The minimum Gasteiger partial charge on any atom is -0.381 e. The highest BCUT2D eigenvalue weighted by atomic mass is 16.1. The molecule has 0 bridgehead atoms. The van der Waals surface area contributed by atoms with Gasteiger partial charge in [0.05, 0.1) is 0 Å². The van der Waals surface area contributed by atoms with Gasteiger partial charge in [-0.05, 0) is 5.92 Å². The van der Waals surface area contributed by atoms with E-state index >= 15 is 0 Å². The van der Waals surface area contributed by atoms with Crippen LogP contribution in [0.2, 0.25) is 0 Å². The Kier molecular flexibility index (Phi) is 3.93. The number of nitriles is 1. The first kappa shape index (κ1) is 11.6. The average molecular weight is 217 g/mol. The van der Waals surface area contributed by atoms with Gasteiger partial charge in [-0.25, -0.2) is 0 Å². The van der Waals surface area contributed by atoms with Crippen molar-refractivity contribution in [1.29, 1.82) is 5.26 Å². The van der Waals surface area contributed by atoms with Gasteiger partial charge in [0.25, 0.3) is 0 Å². The van der Waals surface area contributed by atoms with Gasteiger partial charge in [0.15, 0.2) is 5.82 Å². The van der Waals surface area contributed by atoms with E-state index in [0.717, 1.165) is 0 Å². The van der Waals surface area contributed by atoms with Crippen molar-refractivity contribution in [2.24, 2.45) is 0 Å². The van der Waals surface area contributed by atoms with Crippen molar-refractivity contribution < 1.29 is 4.79 Å². The molecular formula is C10H11N5O. The normalized spacial score (nSPS) is 8.75. The molecular weight excluding hydrogens is 206 g/mol. The van der Waals surface area contributed by atoms with E-state index in [2.05, 4.69) is 27.4 Å². The van der Waals surface area contributed by atoms with Gasteiger partial charge in [-0.2, -0.15) is 10.4 Å². The second-order valence-corrected chi connectivity index (χ2v) is 3.01. The van der Waals surface area contributed by atoms with E-state index in [4.69, 9.17) is 11.0 Å². The summed E-state index contributed by atoms with van der Waals surface area (Å²) in [4.78, 5) is 10.5. The van der Waals surface area contributed by atoms with Gasteiger partial charge in [0.2, 0.25) is 5.91 Å². The number of hydrogen-bond acceptors (Lipinski definition) is 4. The number of carbonyl (C=O) groups excluding carboxylic acids is 1. The van der Waals surface area contributed by atoms with Crippen LogP contribution < -0.4 is 11.1 Å². The second kappa shape index (κ2) is 5.42. The fourth-order valence-corrected chi connectivity index (χ4v) is 1.01. The van der Waals surface area contributed by atoms with Crippen LogP contribution in [0.25, 0.3) is 0 Å². The lowest BCUT2D eigenvalue weighted by Crippen LogP contribution is -2.20. The molecule has 0 saturated carbocycles. The molecule has 0 saturated heterocycles. The molecule has 0 aliphatic rings. The fraction of sp³-hybridized carbons (Fsp3) is 0.300. The largest absolute Gasteiger partial charge is 0.381 e. The summed E-state index contributed by atoms with van der Waals surface area (Å²) in [5.41, 5.74) is 6.09. The SMILES string of the molecule is CC(=O)NCCC#Cc1[nH]nc(N)c1C#N. The Morgan fingerprint density at radius 3 is 3.06 bits per heavy atom. The molecule has 1 heterocycles. The molecule has 16 heavy (non-hydrogen) atoms. The maximum absolute atomic E-state index is 10.5. The van der Waals surface area contributed by atoms with E-state index in [1.165, 1.54) is 6.92 Å². The van der Waals surface area contributed by atoms with Gasteiger partial charge in [0, 0.05) is 19.9 Å². The van der Waals surface area contributed by atoms with Crippen LogP contribution in [0.5, 0.6) is 0 Å². The van der Waals surface area contributed by atoms with Crippen molar-refractivity contribution in [1.82, 2.24) is 15.5 Å². The first-order valence-electron chi connectivity index (χ1n) is 4.62. The minimum absolute atomic E-state index is 0.0923. The minimum atomic E-state index is -0.0923. The van der Waals surface area contributed by atoms with Crippen molar-refractivity contribution >= 4 is 11.7 Å². The molecule has 0 unspecified atom stereocenters. The van der Waals surface area contributed by atoms with Gasteiger partial charge in [-0.15, -0.1) is 0 Å². The zero-order valence-corrected chi connectivity index (χ0v) is 8.79. The second-order valence-electron chi connectivity index (χ2n) is 3.01. The third kappa shape index (κ3) is 3.03. The molecule has 6 heteroatoms. The molecule has 0 aliphatic carbocycles. The third-order valence-corrected chi connectivity index (χ3v) is 1.74. The summed E-state index contributed by atoms with van der Waals surface area (Å²) >= 11 is 0. The van der Waals surface area contributed by atoms with E-state index in [1.807, 2.05) is 6.07 Å². The van der Waals surface area contributed by atoms with Crippen molar-refractivity contribution in [3.63, 3.8) is 0 Å². The average Bonchev–Trinajstić information content (AvgIpc) is 2.58. The van der Waals surface area contributed by atoms with Crippen LogP contribution in [0.1, 0.15) is 24.6 Å². The molecule has 0 aliphatic heterocycles. The summed E-state index contributed by atoms with van der Waals surface area (Å²) in [5.74, 6) is 5.59. The Labute approximate surface area is 92.8 Å². The van der Waals surface area contributed by atoms with Crippen molar-refractivity contribution in [3.05, 3.63) is 11.3 Å². The summed E-state index contributed by atoms with van der Waals surface area (Å²) in [5, 5.41) is 17.6. The maximum atomic E-state index is 10.5. The lowest BCUT2D eigenvalue weighted by molar-refractivity contribution is -0.118. The van der Waals surface area contributed by atoms with Gasteiger partial charge >= 0.3 is 0 Å². The van der Waals surface area contributed by atoms with Crippen molar-refractivity contribution in [3.8, 4) is 17.9 Å². The Morgan fingerprint density at radius 2 is 2.44 bits per heavy atom. The summed E-state index contributed by atoms with van der Waals surface area (Å²) in [6, 6.07) is 1.91. The number of carbonyl (C=O) groups is 1. The summed E-state index contributed by atoms with van der Waals surface area (Å²) in [6.45, 7) is 1.92. The molecule has 0 spiro atoms. The van der Waals surface area contributed by atoms with Crippen LogP contribution in [0.3, 0.4) is 0 Å². The van der Waals surface area contributed by atoms with Crippen LogP contribution in [-0.2, 0) is 4.79 Å². The van der Waals surface area contributed by atoms with E-state index in [0.29, 0.717) is 18.7 Å². The van der Waals surface area contributed by atoms with Gasteiger partial charge in [0.1, 0.15) is 17.3 Å². The fourth-order valence-electron chi connectivity index (χ4n) is 1.01. The highest BCUT2D eigenvalue weighted by Crippen LogP contribution is 2.09. The first-order chi connectivity index (χ1) is 7.65. The molecule has 1 aromatic rings. The Hall–Kier alpha value is -2.47. The summed E-state index contributed by atoms with van der Waals surface area (Å²) in [6.07, 6.45) is 0.503. The standard InChI is InChI=1S/C10H11N5O/c1-7(16)13-5-3-2-4-9-8(6-11)10(12)15-14-9/h3,5H2,1H3,(H,13,16)(H3,12,14,15). The molecule has 1 rings (SSSR count). The number of amides is 1. The maximum Gasteiger partial charge on any atom is 0.216 e. The van der Waals surface area contributed by atoms with Crippen LogP contribution >= 0.6 is 0 Å². The Morgan fingerprint density at radius 1 is 1.69 bits per heavy atom. The number of nitrogens with one attached hydrogen (secondary N) is 2. The lowest BCUT2D eigenvalue weighted by Gasteiger charge is -1.94. The molecule has 0 radical (unpaired) electrons. The topological polar surface area (TPSA) is 108 Å². The number of nitrogens with zero attached hydrogens (tertiary/aromatic N) is 2. The predicted octanol–water partition coefficient (Wildman–Crippen LogP) is -0.259. The number of hydrogen-bond donors (Lipinski definition) is 3. The Bertz CT molecular complexity index is 486. The molecule has 0 atom stereocenters. The van der Waals surface area contributed by atoms with Crippen LogP contribution in [0.4, 0.5) is 5.82 Å². The number of rotatable bonds is 2. The number of anilines is 1. The molecule has 1 amide bonds. The lowest BCUT2D eigenvalue weighted by atomic mass is 10.2. The molecule has 0 aromatic carbocycles. The number of nitrogens with two attached hydrogens (primary N) is 1. The zero-order valence-electron chi connectivity index (χ0n) is 8.79. The van der Waals surface area contributed by atoms with Crippen molar-refractivity contribution in [2.75, 3.05) is 12.3 Å². The molecule has 82 valence electrons. The number of aromatic amines is 1. The van der Waals surface area contributed by atoms with E-state index in [9.17, 15) is 4.79 Å². The Balaban J connectivity index is 2.57. The number of aromatic nitrogens is 2. The predicted molar refractivity (Wildman–Crippen MR) is 57.9 cm³/mol. The highest BCUT2D eigenvalue weighted by Gasteiger charge is 2.06. The summed E-state index contributed by atoms with van der Waals surface area (Å²) in [7, 11) is 0. The molecule has 1 aromatic heterocycles. The van der Waals surface area contributed by atoms with Gasteiger partial charge < -0.3 is 11.1 Å². The van der Waals surface area contributed by atoms with E-state index in [1.54, 1.807) is 0 Å². The molecule has 4 N–H and O–H groups in total. The molecule has 6 nitrogen and oxygen atoms in total. The zero-order chi connectivity index (χ0) is 12.0. The van der Waals surface area contributed by atoms with E-state index < -0.39 is 0 Å². The van der Waals surface area contributed by atoms with Crippen LogP contribution in [0, 0.1) is 23.2 Å². The van der Waals surface area contributed by atoms with E-state index in [-0.39, 0.29) is 17.3 Å². The molecule has 0 fully saturated rings. The smallest absolute Gasteiger partial charge is 0.216 e. The number of nitrogen functional groups attached to an aromatic ring is 1. The van der Waals surface area contributed by atoms with Gasteiger partial charge in [-0.1, -0.05) is 5.92 Å². The van der Waals surface area contributed by atoms with Crippen LogP contribution in [0.15, 0.2) is 0 Å². The number of H-pyrrole nitrogens is 1. The first-order valence-corrected chi connectivity index (χ1v) is 4.62.